The third kappa shape index (κ3) is 2.60. The minimum Gasteiger partial charge on any atom is -0.388 e. The maximum absolute atomic E-state index is 10.2. The van der Waals surface area contributed by atoms with Gasteiger partial charge in [0.05, 0.1) is 6.10 Å². The molecule has 0 aromatic carbocycles. The van der Waals surface area contributed by atoms with Gasteiger partial charge in [-0.25, -0.2) is 0 Å². The third-order valence-corrected chi connectivity index (χ3v) is 3.30. The van der Waals surface area contributed by atoms with Crippen molar-refractivity contribution < 1.29 is 5.11 Å². The van der Waals surface area contributed by atoms with Gasteiger partial charge in [0, 0.05) is 0 Å². The summed E-state index contributed by atoms with van der Waals surface area (Å²) in [6, 6.07) is 0. The van der Waals surface area contributed by atoms with E-state index in [9.17, 15) is 5.11 Å². The monoisotopic (exact) mass is 196 g/mol. The van der Waals surface area contributed by atoms with Crippen LogP contribution in [0.15, 0.2) is 11.6 Å². The van der Waals surface area contributed by atoms with Crippen molar-refractivity contribution in [2.75, 3.05) is 0 Å². The molecule has 0 radical (unpaired) electrons. The maximum atomic E-state index is 10.2. The Bertz CT molecular complexity index is 210. The molecule has 0 aromatic heterocycles. The number of rotatable bonds is 2. The average Bonchev–Trinajstić information content (AvgIpc) is 2.07. The van der Waals surface area contributed by atoms with Gasteiger partial charge in [0.15, 0.2) is 0 Å². The van der Waals surface area contributed by atoms with E-state index in [1.54, 1.807) is 0 Å². The Labute approximate surface area is 88.2 Å². The zero-order valence-corrected chi connectivity index (χ0v) is 10.0. The predicted octanol–water partition coefficient (Wildman–Crippen LogP) is 3.53. The summed E-state index contributed by atoms with van der Waals surface area (Å²) in [5, 5.41) is 10.2. The molecule has 0 aliphatic heterocycles. The standard InChI is InChI=1S/C13H24O/c1-5-7-10-8-6-9-11(12(10)14)13(2,3)4/h8,11-12,14H,5-7,9H2,1-4H3. The second-order valence-corrected chi connectivity index (χ2v) is 5.52. The smallest absolute Gasteiger partial charge is 0.0783 e. The van der Waals surface area contributed by atoms with E-state index in [0.717, 1.165) is 25.7 Å². The predicted molar refractivity (Wildman–Crippen MR) is 61.2 cm³/mol. The fourth-order valence-electron chi connectivity index (χ4n) is 2.43. The fourth-order valence-corrected chi connectivity index (χ4v) is 2.43. The highest BCUT2D eigenvalue weighted by atomic mass is 16.3. The molecule has 82 valence electrons. The zero-order chi connectivity index (χ0) is 10.8. The van der Waals surface area contributed by atoms with Crippen LogP contribution in [-0.4, -0.2) is 11.2 Å². The van der Waals surface area contributed by atoms with E-state index in [0.29, 0.717) is 5.92 Å². The summed E-state index contributed by atoms with van der Waals surface area (Å²) >= 11 is 0. The summed E-state index contributed by atoms with van der Waals surface area (Å²) in [5.41, 5.74) is 1.51. The van der Waals surface area contributed by atoms with Crippen molar-refractivity contribution in [3.63, 3.8) is 0 Å². The topological polar surface area (TPSA) is 20.2 Å². The van der Waals surface area contributed by atoms with Gasteiger partial charge in [0.1, 0.15) is 0 Å². The molecular formula is C13H24O. The number of aliphatic hydroxyl groups excluding tert-OH is 1. The first-order chi connectivity index (χ1) is 6.46. The van der Waals surface area contributed by atoms with E-state index >= 15 is 0 Å². The summed E-state index contributed by atoms with van der Waals surface area (Å²) in [6.45, 7) is 8.87. The summed E-state index contributed by atoms with van der Waals surface area (Å²) < 4.78 is 0. The van der Waals surface area contributed by atoms with Crippen molar-refractivity contribution in [2.45, 2.75) is 59.5 Å². The van der Waals surface area contributed by atoms with Crippen molar-refractivity contribution in [1.82, 2.24) is 0 Å². The van der Waals surface area contributed by atoms with Gasteiger partial charge >= 0.3 is 0 Å². The highest BCUT2D eigenvalue weighted by Crippen LogP contribution is 2.39. The number of allylic oxidation sites excluding steroid dienone is 1. The zero-order valence-electron chi connectivity index (χ0n) is 10.0. The molecule has 14 heavy (non-hydrogen) atoms. The van der Waals surface area contributed by atoms with Gasteiger partial charge in [-0.3, -0.25) is 0 Å². The van der Waals surface area contributed by atoms with E-state index in [1.165, 1.54) is 5.57 Å². The molecule has 0 fully saturated rings. The van der Waals surface area contributed by atoms with Crippen LogP contribution in [0.25, 0.3) is 0 Å². The Morgan fingerprint density at radius 2 is 2.07 bits per heavy atom. The maximum Gasteiger partial charge on any atom is 0.0783 e. The lowest BCUT2D eigenvalue weighted by Crippen LogP contribution is -2.35. The van der Waals surface area contributed by atoms with Crippen LogP contribution < -0.4 is 0 Å². The van der Waals surface area contributed by atoms with Gasteiger partial charge in [0.2, 0.25) is 0 Å². The van der Waals surface area contributed by atoms with Gasteiger partial charge in [-0.05, 0) is 36.2 Å². The molecule has 2 unspecified atom stereocenters. The van der Waals surface area contributed by atoms with E-state index in [4.69, 9.17) is 0 Å². The number of aliphatic hydroxyl groups is 1. The Kier molecular flexibility index (Phi) is 3.77. The highest BCUT2D eigenvalue weighted by Gasteiger charge is 2.34. The van der Waals surface area contributed by atoms with Crippen LogP contribution in [0, 0.1) is 11.3 Å². The lowest BCUT2D eigenvalue weighted by Gasteiger charge is -2.38. The van der Waals surface area contributed by atoms with E-state index in [2.05, 4.69) is 33.8 Å². The molecule has 0 bridgehead atoms. The molecule has 1 rings (SSSR count). The molecule has 0 saturated heterocycles. The molecule has 0 heterocycles. The van der Waals surface area contributed by atoms with Crippen molar-refractivity contribution in [1.29, 1.82) is 0 Å². The van der Waals surface area contributed by atoms with E-state index < -0.39 is 0 Å². The first kappa shape index (κ1) is 11.8. The molecule has 0 saturated carbocycles. The van der Waals surface area contributed by atoms with Crippen molar-refractivity contribution in [3.05, 3.63) is 11.6 Å². The molecule has 0 amide bonds. The second kappa shape index (κ2) is 4.48. The minimum atomic E-state index is -0.191. The summed E-state index contributed by atoms with van der Waals surface area (Å²) in [5.74, 6) is 0.439. The molecule has 1 aliphatic rings. The lowest BCUT2D eigenvalue weighted by atomic mass is 9.70. The highest BCUT2D eigenvalue weighted by molar-refractivity contribution is 5.14. The van der Waals surface area contributed by atoms with E-state index in [1.807, 2.05) is 0 Å². The quantitative estimate of drug-likeness (QED) is 0.670. The normalized spacial score (nSPS) is 28.8. The Morgan fingerprint density at radius 1 is 1.43 bits per heavy atom. The second-order valence-electron chi connectivity index (χ2n) is 5.52. The Morgan fingerprint density at radius 3 is 2.57 bits per heavy atom. The molecular weight excluding hydrogens is 172 g/mol. The number of hydrogen-bond donors (Lipinski definition) is 1. The summed E-state index contributed by atoms with van der Waals surface area (Å²) in [6.07, 6.45) is 6.54. The minimum absolute atomic E-state index is 0.191. The van der Waals surface area contributed by atoms with Crippen LogP contribution in [0.4, 0.5) is 0 Å². The van der Waals surface area contributed by atoms with Crippen LogP contribution in [0.3, 0.4) is 0 Å². The molecule has 2 atom stereocenters. The van der Waals surface area contributed by atoms with Gasteiger partial charge in [-0.1, -0.05) is 40.2 Å². The van der Waals surface area contributed by atoms with E-state index in [-0.39, 0.29) is 11.5 Å². The van der Waals surface area contributed by atoms with Gasteiger partial charge < -0.3 is 5.11 Å². The average molecular weight is 196 g/mol. The van der Waals surface area contributed by atoms with Crippen molar-refractivity contribution in [3.8, 4) is 0 Å². The van der Waals surface area contributed by atoms with Gasteiger partial charge in [0.25, 0.3) is 0 Å². The van der Waals surface area contributed by atoms with Crippen LogP contribution in [-0.2, 0) is 0 Å². The first-order valence-electron chi connectivity index (χ1n) is 5.83. The van der Waals surface area contributed by atoms with Crippen LogP contribution in [0.5, 0.6) is 0 Å². The molecule has 1 aliphatic carbocycles. The lowest BCUT2D eigenvalue weighted by molar-refractivity contribution is 0.0538. The molecule has 1 heteroatoms. The Balaban J connectivity index is 2.72. The van der Waals surface area contributed by atoms with Gasteiger partial charge in [-0.2, -0.15) is 0 Å². The molecule has 1 N–H and O–H groups in total. The SMILES string of the molecule is CCCC1=CCCC(C(C)(C)C)C1O. The molecule has 0 spiro atoms. The Hall–Kier alpha value is -0.300. The number of hydrogen-bond acceptors (Lipinski definition) is 1. The molecule has 0 aromatic rings. The van der Waals surface area contributed by atoms with Crippen molar-refractivity contribution in [2.24, 2.45) is 11.3 Å². The largest absolute Gasteiger partial charge is 0.388 e. The van der Waals surface area contributed by atoms with Gasteiger partial charge in [-0.15, -0.1) is 0 Å². The summed E-state index contributed by atoms with van der Waals surface area (Å²) in [4.78, 5) is 0. The van der Waals surface area contributed by atoms with Crippen LogP contribution in [0.2, 0.25) is 0 Å². The summed E-state index contributed by atoms with van der Waals surface area (Å²) in [7, 11) is 0. The third-order valence-electron chi connectivity index (χ3n) is 3.30. The van der Waals surface area contributed by atoms with Crippen molar-refractivity contribution >= 4 is 0 Å². The fraction of sp³-hybridized carbons (Fsp3) is 0.846. The first-order valence-corrected chi connectivity index (χ1v) is 5.83. The van der Waals surface area contributed by atoms with Crippen LogP contribution >= 0.6 is 0 Å². The van der Waals surface area contributed by atoms with Crippen LogP contribution in [0.1, 0.15) is 53.4 Å². The molecule has 1 nitrogen and oxygen atoms in total.